The highest BCUT2D eigenvalue weighted by atomic mass is 32.2. The Kier molecular flexibility index (Phi) is 4.78. The highest BCUT2D eigenvalue weighted by Gasteiger charge is 2.26. The minimum Gasteiger partial charge on any atom is -0.451 e. The van der Waals surface area contributed by atoms with E-state index in [9.17, 15) is 9.00 Å². The number of nitrogens with zero attached hydrogens (tertiary/aromatic N) is 2. The van der Waals surface area contributed by atoms with Gasteiger partial charge in [-0.2, -0.15) is 0 Å². The Labute approximate surface area is 182 Å². The summed E-state index contributed by atoms with van der Waals surface area (Å²) in [6.45, 7) is 1.88. The van der Waals surface area contributed by atoms with Crippen LogP contribution in [0.4, 0.5) is 5.69 Å². The van der Waals surface area contributed by atoms with Crippen LogP contribution >= 0.6 is 0 Å². The first-order valence-electron chi connectivity index (χ1n) is 10.2. The monoisotopic (exact) mass is 433 g/mol. The smallest absolute Gasteiger partial charge is 0.298 e. The van der Waals surface area contributed by atoms with E-state index in [-0.39, 0.29) is 5.76 Å². The van der Waals surface area contributed by atoms with Crippen LogP contribution in [0.5, 0.6) is 0 Å². The molecule has 2 aromatic carbocycles. The molecule has 1 saturated carbocycles. The number of aromatic nitrogens is 1. The molecule has 1 atom stereocenters. The fourth-order valence-corrected chi connectivity index (χ4v) is 4.75. The van der Waals surface area contributed by atoms with Crippen LogP contribution in [0.2, 0.25) is 0 Å². The second-order valence-corrected chi connectivity index (χ2v) is 9.39. The van der Waals surface area contributed by atoms with Gasteiger partial charge in [0.15, 0.2) is 16.7 Å². The topological polar surface area (TPSA) is 75.4 Å². The zero-order chi connectivity index (χ0) is 21.7. The number of hydrogen-bond acceptors (Lipinski definition) is 5. The van der Waals surface area contributed by atoms with Crippen LogP contribution in [-0.4, -0.2) is 29.2 Å². The lowest BCUT2D eigenvalue weighted by molar-refractivity contribution is 0.0958. The van der Waals surface area contributed by atoms with Crippen LogP contribution in [-0.2, 0) is 11.0 Å². The van der Waals surface area contributed by atoms with Gasteiger partial charge in [-0.05, 0) is 61.6 Å². The predicted octanol–water partition coefficient (Wildman–Crippen LogP) is 4.69. The van der Waals surface area contributed by atoms with E-state index >= 15 is 0 Å². The minimum atomic E-state index is -1.77. The zero-order valence-corrected chi connectivity index (χ0v) is 18.5. The number of carbonyl (C=O) groups is 1. The molecule has 1 fully saturated rings. The minimum absolute atomic E-state index is 0.142. The third kappa shape index (κ3) is 3.70. The zero-order valence-electron chi connectivity index (χ0n) is 17.6. The van der Waals surface area contributed by atoms with Crippen molar-refractivity contribution in [3.63, 3.8) is 0 Å². The normalized spacial score (nSPS) is 14.7. The van der Waals surface area contributed by atoms with Gasteiger partial charge in [0.1, 0.15) is 5.58 Å². The molecule has 1 unspecified atom stereocenters. The number of hydrogen-bond donors (Lipinski definition) is 1. The maximum absolute atomic E-state index is 13.0. The van der Waals surface area contributed by atoms with Gasteiger partial charge in [-0.15, -0.1) is 0 Å². The fourth-order valence-electron chi connectivity index (χ4n) is 3.83. The summed E-state index contributed by atoms with van der Waals surface area (Å²) in [5, 5.41) is 1.74. The molecular formula is C24H23N3O3S. The molecular weight excluding hydrogens is 410 g/mol. The lowest BCUT2D eigenvalue weighted by Gasteiger charge is -2.14. The first kappa shape index (κ1) is 19.8. The molecule has 7 heteroatoms. The maximum Gasteiger partial charge on any atom is 0.298 e. The Morgan fingerprint density at radius 3 is 2.71 bits per heavy atom. The average molecular weight is 434 g/mol. The van der Waals surface area contributed by atoms with Crippen LogP contribution < -0.4 is 9.62 Å². The number of nitrogens with one attached hydrogen (secondary N) is 1. The molecule has 5 rings (SSSR count). The highest BCUT2D eigenvalue weighted by Crippen LogP contribution is 2.43. The molecule has 0 radical (unpaired) electrons. The third-order valence-corrected chi connectivity index (χ3v) is 6.70. The van der Waals surface area contributed by atoms with Crippen LogP contribution in [0.3, 0.4) is 0 Å². The quantitative estimate of drug-likeness (QED) is 0.494. The molecule has 2 heterocycles. The van der Waals surface area contributed by atoms with Crippen molar-refractivity contribution in [2.45, 2.75) is 30.6 Å². The van der Waals surface area contributed by atoms with E-state index < -0.39 is 16.9 Å². The molecule has 1 aliphatic carbocycles. The van der Waals surface area contributed by atoms with Gasteiger partial charge < -0.3 is 9.32 Å². The highest BCUT2D eigenvalue weighted by molar-refractivity contribution is 7.84. The van der Waals surface area contributed by atoms with E-state index in [0.717, 1.165) is 22.2 Å². The van der Waals surface area contributed by atoms with E-state index in [2.05, 4.69) is 15.8 Å². The number of para-hydroxylation sites is 1. The number of fused-ring (bicyclic) bond motifs is 2. The predicted molar refractivity (Wildman–Crippen MR) is 123 cm³/mol. The molecule has 0 aliphatic heterocycles. The second kappa shape index (κ2) is 7.50. The van der Waals surface area contributed by atoms with Crippen molar-refractivity contribution in [2.24, 2.45) is 0 Å². The molecule has 6 nitrogen and oxygen atoms in total. The number of aryl methyl sites for hydroxylation is 1. The van der Waals surface area contributed by atoms with E-state index in [1.54, 1.807) is 12.1 Å². The third-order valence-electron chi connectivity index (χ3n) is 5.60. The van der Waals surface area contributed by atoms with Gasteiger partial charge in [-0.1, -0.05) is 18.2 Å². The Bertz CT molecular complexity index is 1360. The summed E-state index contributed by atoms with van der Waals surface area (Å²) >= 11 is 0. The molecule has 31 heavy (non-hydrogen) atoms. The number of furan rings is 1. The van der Waals surface area contributed by atoms with Crippen molar-refractivity contribution in [1.29, 1.82) is 0 Å². The van der Waals surface area contributed by atoms with Crippen molar-refractivity contribution in [1.82, 2.24) is 9.71 Å². The van der Waals surface area contributed by atoms with E-state index in [0.29, 0.717) is 21.9 Å². The molecule has 1 aliphatic rings. The Morgan fingerprint density at radius 2 is 1.97 bits per heavy atom. The van der Waals surface area contributed by atoms with Gasteiger partial charge in [0.2, 0.25) is 0 Å². The van der Waals surface area contributed by atoms with Gasteiger partial charge >= 0.3 is 0 Å². The molecule has 1 amide bonds. The van der Waals surface area contributed by atoms with Crippen LogP contribution in [0.25, 0.3) is 21.9 Å². The molecule has 1 N–H and O–H groups in total. The number of amides is 1. The summed E-state index contributed by atoms with van der Waals surface area (Å²) in [5.74, 6) is 0.195. The lowest BCUT2D eigenvalue weighted by Crippen LogP contribution is -2.25. The molecule has 2 aromatic heterocycles. The van der Waals surface area contributed by atoms with Gasteiger partial charge in [-0.25, -0.2) is 4.21 Å². The number of anilines is 1. The van der Waals surface area contributed by atoms with Gasteiger partial charge in [0, 0.05) is 36.2 Å². The van der Waals surface area contributed by atoms with E-state index in [1.807, 2.05) is 56.3 Å². The summed E-state index contributed by atoms with van der Waals surface area (Å²) in [5.41, 5.74) is 4.36. The summed E-state index contributed by atoms with van der Waals surface area (Å²) in [6, 6.07) is 15.2. The first-order valence-corrected chi connectivity index (χ1v) is 11.4. The summed E-state index contributed by atoms with van der Waals surface area (Å²) < 4.78 is 21.4. The van der Waals surface area contributed by atoms with E-state index in [4.69, 9.17) is 4.42 Å². The summed E-state index contributed by atoms with van der Waals surface area (Å²) in [6.07, 6.45) is 2.37. The largest absolute Gasteiger partial charge is 0.451 e. The fraction of sp³-hybridized carbons (Fsp3) is 0.250. The number of rotatable bonds is 5. The van der Waals surface area contributed by atoms with Crippen molar-refractivity contribution < 1.29 is 13.4 Å². The van der Waals surface area contributed by atoms with Crippen molar-refractivity contribution in [3.8, 4) is 0 Å². The first-order chi connectivity index (χ1) is 14.9. The Hall–Kier alpha value is -3.19. The molecule has 0 saturated heterocycles. The van der Waals surface area contributed by atoms with Crippen molar-refractivity contribution in [2.75, 3.05) is 19.0 Å². The Balaban J connectivity index is 1.47. The molecule has 0 bridgehead atoms. The average Bonchev–Trinajstić information content (AvgIpc) is 3.50. The van der Waals surface area contributed by atoms with E-state index in [1.165, 1.54) is 18.4 Å². The number of pyridine rings is 1. The molecule has 158 valence electrons. The lowest BCUT2D eigenvalue weighted by atomic mass is 10.1. The number of carbonyl (C=O) groups excluding carboxylic acids is 1. The van der Waals surface area contributed by atoms with Gasteiger partial charge in [0.05, 0.1) is 10.4 Å². The number of benzene rings is 2. The SMILES string of the molecule is Cc1ccc2cccc(S(=O)NC(=O)c3cc4c(N(C)C)cc(C5CC5)cc4o3)c2n1. The molecule has 0 spiro atoms. The van der Waals surface area contributed by atoms with Crippen LogP contribution in [0, 0.1) is 6.92 Å². The maximum atomic E-state index is 13.0. The summed E-state index contributed by atoms with van der Waals surface area (Å²) in [7, 11) is 2.18. The second-order valence-electron chi connectivity index (χ2n) is 8.21. The van der Waals surface area contributed by atoms with Crippen LogP contribution in [0.1, 0.15) is 40.6 Å². The van der Waals surface area contributed by atoms with Crippen molar-refractivity contribution in [3.05, 3.63) is 65.5 Å². The standard InChI is InChI=1S/C24H23N3O3S/c1-14-7-8-16-5-4-6-22(23(16)25-14)31(29)26-24(28)21-13-18-19(27(2)3)11-17(15-9-10-15)12-20(18)30-21/h4-8,11-13,15H,9-10H2,1-3H3,(H,26,28). The van der Waals surface area contributed by atoms with Crippen LogP contribution in [0.15, 0.2) is 57.8 Å². The molecule has 4 aromatic rings. The van der Waals surface area contributed by atoms with Crippen molar-refractivity contribution >= 4 is 44.5 Å². The Morgan fingerprint density at radius 1 is 1.16 bits per heavy atom. The summed E-state index contributed by atoms with van der Waals surface area (Å²) in [4.78, 5) is 19.9. The van der Waals surface area contributed by atoms with Gasteiger partial charge in [-0.3, -0.25) is 14.5 Å². The van der Waals surface area contributed by atoms with Gasteiger partial charge in [0.25, 0.3) is 5.91 Å².